The van der Waals surface area contributed by atoms with Crippen molar-refractivity contribution < 1.29 is 45.4 Å². The molecule has 0 radical (unpaired) electrons. The van der Waals surface area contributed by atoms with Crippen molar-refractivity contribution in [3.8, 4) is 11.5 Å². The topological polar surface area (TPSA) is 194 Å². The van der Waals surface area contributed by atoms with E-state index in [1.54, 1.807) is 17.0 Å². The maximum absolute atomic E-state index is 15.0. The van der Waals surface area contributed by atoms with Gasteiger partial charge in [0.05, 0.1) is 5.69 Å². The van der Waals surface area contributed by atoms with Crippen LogP contribution in [0.15, 0.2) is 60.8 Å². The molecule has 53 heavy (non-hydrogen) atoms. The molecule has 2 aliphatic heterocycles. The van der Waals surface area contributed by atoms with Crippen molar-refractivity contribution >= 4 is 45.4 Å². The van der Waals surface area contributed by atoms with Gasteiger partial charge in [-0.05, 0) is 80.6 Å². The van der Waals surface area contributed by atoms with Crippen LogP contribution in [0.3, 0.4) is 0 Å². The van der Waals surface area contributed by atoms with E-state index in [0.29, 0.717) is 49.2 Å². The molecule has 1 aromatic heterocycles. The van der Waals surface area contributed by atoms with Gasteiger partial charge in [-0.1, -0.05) is 0 Å². The number of urea groups is 1. The first-order chi connectivity index (χ1) is 25.1. The summed E-state index contributed by atoms with van der Waals surface area (Å²) in [6.45, 7) is 5.63. The summed E-state index contributed by atoms with van der Waals surface area (Å²) >= 11 is 0. The molecule has 0 bridgehead atoms. The van der Waals surface area contributed by atoms with Gasteiger partial charge in [-0.15, -0.1) is 0 Å². The highest BCUT2D eigenvalue weighted by Crippen LogP contribution is 2.52. The van der Waals surface area contributed by atoms with Crippen molar-refractivity contribution in [2.24, 2.45) is 5.41 Å². The van der Waals surface area contributed by atoms with Crippen LogP contribution in [0, 0.1) is 17.0 Å². The molecule has 0 unspecified atom stereocenters. The highest BCUT2D eigenvalue weighted by atomic mass is 32.3. The van der Waals surface area contributed by atoms with Crippen molar-refractivity contribution in [2.45, 2.75) is 44.6 Å². The van der Waals surface area contributed by atoms with Gasteiger partial charge in [0.1, 0.15) is 29.0 Å². The number of amides is 4. The van der Waals surface area contributed by atoms with E-state index in [1.165, 1.54) is 48.7 Å². The number of nitrogens with zero attached hydrogens (tertiary/aromatic N) is 4. The lowest BCUT2D eigenvalue weighted by atomic mass is 9.97. The van der Waals surface area contributed by atoms with Crippen LogP contribution in [0.5, 0.6) is 11.5 Å². The van der Waals surface area contributed by atoms with Gasteiger partial charge in [-0.2, -0.15) is 8.42 Å². The van der Waals surface area contributed by atoms with Gasteiger partial charge in [0.2, 0.25) is 11.8 Å². The monoisotopic (exact) mass is 759 g/mol. The molecule has 18 heteroatoms. The number of carbonyl (C=O) groups excluding carboxylic acids is 3. The number of hydrogen-bond acceptors (Lipinski definition) is 9. The zero-order chi connectivity index (χ0) is 38.2. The first kappa shape index (κ1) is 39.5. The predicted octanol–water partition coefficient (Wildman–Crippen LogP) is 4.88. The molecule has 2 saturated heterocycles. The third-order valence-corrected chi connectivity index (χ3v) is 9.38. The van der Waals surface area contributed by atoms with E-state index in [-0.39, 0.29) is 36.2 Å². The van der Waals surface area contributed by atoms with Gasteiger partial charge in [-0.3, -0.25) is 28.9 Å². The van der Waals surface area contributed by atoms with Gasteiger partial charge in [0.25, 0.3) is 0 Å². The lowest BCUT2D eigenvalue weighted by Gasteiger charge is -2.42. The fourth-order valence-electron chi connectivity index (χ4n) is 6.36. The van der Waals surface area contributed by atoms with Crippen LogP contribution in [0.4, 0.5) is 30.8 Å². The number of anilines is 3. The van der Waals surface area contributed by atoms with Crippen molar-refractivity contribution in [3.63, 3.8) is 0 Å². The second-order valence-corrected chi connectivity index (χ2v) is 14.4. The second kappa shape index (κ2) is 17.4. The maximum atomic E-state index is 15.0. The molecular weight excluding hydrogens is 716 g/mol. The van der Waals surface area contributed by atoms with E-state index in [1.807, 2.05) is 0 Å². The Balaban J connectivity index is 0.00000101. The molecule has 4 amide bonds. The van der Waals surface area contributed by atoms with E-state index in [2.05, 4.69) is 37.8 Å². The molecular formula is C35H43F2N7O8S. The standard InChI is InChI=1S/C35H41F2N7O4.H2O4S/c1-42-16-18-43(19-17-42)26-9-14-44(15-10-26)34(47)41-31-21-28(8-13-38-31)48-27-6-7-30(29(37)20-27)40-33(46)23-35(11-12-35)22-32(45)39-25-4-2-24(36)3-5-25;1-5(2,3)4/h2-8,13,20-21,26H,9-12,14-19,22-23H2,1H3,(H,39,45)(H,40,46)(H,38,41,47);(H2,1,2,3,4). The average molecular weight is 760 g/mol. The number of halogens is 2. The number of aromatic nitrogens is 1. The minimum absolute atomic E-state index is 0.00186. The smallest absolute Gasteiger partial charge is 0.394 e. The summed E-state index contributed by atoms with van der Waals surface area (Å²) in [4.78, 5) is 49.2. The lowest BCUT2D eigenvalue weighted by molar-refractivity contribution is -0.119. The molecule has 6 rings (SSSR count). The molecule has 0 atom stereocenters. The van der Waals surface area contributed by atoms with Crippen LogP contribution in [0.25, 0.3) is 0 Å². The highest BCUT2D eigenvalue weighted by Gasteiger charge is 2.46. The minimum atomic E-state index is -4.67. The van der Waals surface area contributed by atoms with E-state index < -0.39 is 33.4 Å². The number of pyridine rings is 1. The summed E-state index contributed by atoms with van der Waals surface area (Å²) in [5.74, 6) is -0.848. The Morgan fingerprint density at radius 3 is 2.06 bits per heavy atom. The molecule has 5 N–H and O–H groups in total. The fraction of sp³-hybridized carbons (Fsp3) is 0.429. The third kappa shape index (κ3) is 12.7. The molecule has 1 aliphatic carbocycles. The first-order valence-electron chi connectivity index (χ1n) is 17.1. The quantitative estimate of drug-likeness (QED) is 0.177. The lowest BCUT2D eigenvalue weighted by Crippen LogP contribution is -2.53. The summed E-state index contributed by atoms with van der Waals surface area (Å²) in [7, 11) is -2.52. The van der Waals surface area contributed by atoms with Crippen LogP contribution >= 0.6 is 0 Å². The minimum Gasteiger partial charge on any atom is -0.457 e. The molecule has 3 aliphatic rings. The summed E-state index contributed by atoms with van der Waals surface area (Å²) < 4.78 is 65.5. The fourth-order valence-corrected chi connectivity index (χ4v) is 6.36. The molecule has 2 aromatic carbocycles. The van der Waals surface area contributed by atoms with E-state index in [0.717, 1.165) is 39.0 Å². The van der Waals surface area contributed by atoms with Gasteiger partial charge >= 0.3 is 16.4 Å². The number of likely N-dealkylation sites (N-methyl/N-ethyl adjacent to an activating group) is 1. The number of benzene rings is 2. The Morgan fingerprint density at radius 2 is 1.45 bits per heavy atom. The Kier molecular flexibility index (Phi) is 12.9. The predicted molar refractivity (Wildman–Crippen MR) is 192 cm³/mol. The van der Waals surface area contributed by atoms with Gasteiger partial charge in [0, 0.05) is 82.2 Å². The summed E-state index contributed by atoms with van der Waals surface area (Å²) in [6.07, 6.45) is 4.99. The van der Waals surface area contributed by atoms with Gasteiger partial charge in [-0.25, -0.2) is 18.6 Å². The number of ether oxygens (including phenoxy) is 1. The largest absolute Gasteiger partial charge is 0.457 e. The van der Waals surface area contributed by atoms with Gasteiger partial charge < -0.3 is 25.2 Å². The number of hydrogen-bond donors (Lipinski definition) is 5. The van der Waals surface area contributed by atoms with Crippen molar-refractivity contribution in [1.29, 1.82) is 0 Å². The maximum Gasteiger partial charge on any atom is 0.394 e. The van der Waals surface area contributed by atoms with Crippen LogP contribution < -0.4 is 20.7 Å². The summed E-state index contributed by atoms with van der Waals surface area (Å²) in [5.41, 5.74) is -0.00691. The van der Waals surface area contributed by atoms with Crippen molar-refractivity contribution in [2.75, 3.05) is 62.3 Å². The number of piperidine rings is 1. The molecule has 15 nitrogen and oxygen atoms in total. The number of likely N-dealkylation sites (tertiary alicyclic amines) is 1. The van der Waals surface area contributed by atoms with E-state index >= 15 is 0 Å². The van der Waals surface area contributed by atoms with Crippen LogP contribution in [-0.2, 0) is 20.0 Å². The zero-order valence-corrected chi connectivity index (χ0v) is 29.9. The molecule has 3 fully saturated rings. The number of piperazine rings is 1. The number of carbonyl (C=O) groups is 3. The molecule has 3 aromatic rings. The van der Waals surface area contributed by atoms with Crippen LogP contribution in [0.2, 0.25) is 0 Å². The Morgan fingerprint density at radius 1 is 0.849 bits per heavy atom. The highest BCUT2D eigenvalue weighted by molar-refractivity contribution is 7.79. The molecule has 0 spiro atoms. The Labute approximate surface area is 306 Å². The molecule has 1 saturated carbocycles. The van der Waals surface area contributed by atoms with Crippen molar-refractivity contribution in [1.82, 2.24) is 19.7 Å². The summed E-state index contributed by atoms with van der Waals surface area (Å²) in [5, 5.41) is 8.17. The Hall–Kier alpha value is -4.75. The van der Waals surface area contributed by atoms with Crippen molar-refractivity contribution in [3.05, 3.63) is 72.4 Å². The summed E-state index contributed by atoms with van der Waals surface area (Å²) in [6, 6.07) is 13.0. The first-order valence-corrected chi connectivity index (χ1v) is 18.5. The van der Waals surface area contributed by atoms with E-state index in [4.69, 9.17) is 22.3 Å². The Bertz CT molecular complexity index is 1860. The third-order valence-electron chi connectivity index (χ3n) is 9.38. The van der Waals surface area contributed by atoms with Crippen LogP contribution in [-0.4, -0.2) is 107 Å². The molecule has 3 heterocycles. The normalized spacial score (nSPS) is 17.6. The average Bonchev–Trinajstić information content (AvgIpc) is 3.84. The van der Waals surface area contributed by atoms with Crippen LogP contribution in [0.1, 0.15) is 38.5 Å². The molecule has 286 valence electrons. The number of rotatable bonds is 10. The number of nitrogens with one attached hydrogen (secondary N) is 3. The van der Waals surface area contributed by atoms with E-state index in [9.17, 15) is 23.2 Å². The van der Waals surface area contributed by atoms with Gasteiger partial charge in [0.15, 0.2) is 0 Å². The SMILES string of the molecule is CN1CCN(C2CCN(C(=O)Nc3cc(Oc4ccc(NC(=O)CC5(CC(=O)Nc6ccc(F)cc6)CC5)c(F)c4)ccn3)CC2)CC1.O=S(=O)(O)O. The second-order valence-electron chi connectivity index (χ2n) is 13.5. The zero-order valence-electron chi connectivity index (χ0n) is 29.1.